The summed E-state index contributed by atoms with van der Waals surface area (Å²) in [5.74, 6) is 0. The molecule has 0 fully saturated rings. The fourth-order valence-corrected chi connectivity index (χ4v) is 3.15. The van der Waals surface area contributed by atoms with Crippen LogP contribution in [0.3, 0.4) is 0 Å². The standard InChI is InChI=1S/C16H23N3S/c1-5-14-15(11-17-6-2)20-16(18-14)19(4)13-9-7-12(3)8-10-13/h7-10,17H,5-6,11H2,1-4H3. The van der Waals surface area contributed by atoms with E-state index in [0.29, 0.717) is 0 Å². The van der Waals surface area contributed by atoms with Crippen molar-refractivity contribution in [1.29, 1.82) is 0 Å². The van der Waals surface area contributed by atoms with Crippen molar-refractivity contribution >= 4 is 22.2 Å². The van der Waals surface area contributed by atoms with Gasteiger partial charge in [0.25, 0.3) is 0 Å². The minimum Gasteiger partial charge on any atom is -0.321 e. The lowest BCUT2D eigenvalue weighted by Crippen LogP contribution is -2.11. The van der Waals surface area contributed by atoms with Crippen LogP contribution in [0, 0.1) is 6.92 Å². The van der Waals surface area contributed by atoms with Gasteiger partial charge in [-0.15, -0.1) is 0 Å². The summed E-state index contributed by atoms with van der Waals surface area (Å²) in [6.07, 6.45) is 0.985. The Labute approximate surface area is 125 Å². The summed E-state index contributed by atoms with van der Waals surface area (Å²) in [6.45, 7) is 8.31. The third-order valence-electron chi connectivity index (χ3n) is 3.35. The van der Waals surface area contributed by atoms with Gasteiger partial charge in [-0.1, -0.05) is 42.9 Å². The molecular weight excluding hydrogens is 266 g/mol. The zero-order chi connectivity index (χ0) is 14.5. The normalized spacial score (nSPS) is 10.8. The van der Waals surface area contributed by atoms with Crippen LogP contribution >= 0.6 is 11.3 Å². The van der Waals surface area contributed by atoms with Crippen LogP contribution in [0.15, 0.2) is 24.3 Å². The molecule has 1 aromatic heterocycles. The van der Waals surface area contributed by atoms with E-state index in [1.165, 1.54) is 21.8 Å². The largest absolute Gasteiger partial charge is 0.321 e. The number of anilines is 2. The minimum absolute atomic E-state index is 0.916. The molecule has 0 spiro atoms. The quantitative estimate of drug-likeness (QED) is 0.874. The van der Waals surface area contributed by atoms with Crippen LogP contribution in [-0.2, 0) is 13.0 Å². The van der Waals surface area contributed by atoms with E-state index in [0.717, 1.165) is 24.6 Å². The summed E-state index contributed by atoms with van der Waals surface area (Å²) in [7, 11) is 2.08. The number of nitrogens with one attached hydrogen (secondary N) is 1. The number of hydrogen-bond acceptors (Lipinski definition) is 4. The molecule has 0 unspecified atom stereocenters. The van der Waals surface area contributed by atoms with Gasteiger partial charge in [0.2, 0.25) is 0 Å². The van der Waals surface area contributed by atoms with Crippen LogP contribution in [0.1, 0.15) is 30.0 Å². The van der Waals surface area contributed by atoms with Gasteiger partial charge in [0.05, 0.1) is 5.69 Å². The fraction of sp³-hybridized carbons (Fsp3) is 0.438. The highest BCUT2D eigenvalue weighted by Gasteiger charge is 2.13. The minimum atomic E-state index is 0.916. The number of hydrogen-bond donors (Lipinski definition) is 1. The van der Waals surface area contributed by atoms with Gasteiger partial charge in [-0.05, 0) is 32.0 Å². The van der Waals surface area contributed by atoms with Gasteiger partial charge in [-0.25, -0.2) is 4.98 Å². The summed E-state index contributed by atoms with van der Waals surface area (Å²) in [6, 6.07) is 8.57. The van der Waals surface area contributed by atoms with Gasteiger partial charge in [0.15, 0.2) is 5.13 Å². The molecule has 0 radical (unpaired) electrons. The van der Waals surface area contributed by atoms with Crippen molar-refractivity contribution in [3.63, 3.8) is 0 Å². The zero-order valence-corrected chi connectivity index (χ0v) is 13.5. The van der Waals surface area contributed by atoms with Crippen molar-refractivity contribution in [2.45, 2.75) is 33.7 Å². The predicted octanol–water partition coefficient (Wildman–Crippen LogP) is 3.89. The monoisotopic (exact) mass is 289 g/mol. The second kappa shape index (κ2) is 6.86. The van der Waals surface area contributed by atoms with Crippen LogP contribution in [-0.4, -0.2) is 18.6 Å². The third kappa shape index (κ3) is 3.38. The van der Waals surface area contributed by atoms with E-state index >= 15 is 0 Å². The maximum atomic E-state index is 4.78. The summed E-state index contributed by atoms with van der Waals surface area (Å²) < 4.78 is 0. The summed E-state index contributed by atoms with van der Waals surface area (Å²) >= 11 is 1.78. The molecule has 0 aliphatic heterocycles. The molecule has 4 heteroatoms. The topological polar surface area (TPSA) is 28.2 Å². The fourth-order valence-electron chi connectivity index (χ4n) is 2.04. The number of aryl methyl sites for hydroxylation is 2. The molecule has 2 rings (SSSR count). The van der Waals surface area contributed by atoms with Crippen LogP contribution in [0.2, 0.25) is 0 Å². The highest BCUT2D eigenvalue weighted by molar-refractivity contribution is 7.15. The Balaban J connectivity index is 2.23. The molecule has 3 nitrogen and oxygen atoms in total. The van der Waals surface area contributed by atoms with Crippen molar-refractivity contribution in [3.05, 3.63) is 40.4 Å². The second-order valence-corrected chi connectivity index (χ2v) is 5.96. The molecule has 0 atom stereocenters. The van der Waals surface area contributed by atoms with Crippen LogP contribution in [0.5, 0.6) is 0 Å². The van der Waals surface area contributed by atoms with Gasteiger partial charge in [0, 0.05) is 24.2 Å². The Morgan fingerprint density at radius 2 is 1.90 bits per heavy atom. The Morgan fingerprint density at radius 3 is 2.50 bits per heavy atom. The van der Waals surface area contributed by atoms with E-state index in [-0.39, 0.29) is 0 Å². The number of aromatic nitrogens is 1. The Kier molecular flexibility index (Phi) is 5.15. The zero-order valence-electron chi connectivity index (χ0n) is 12.7. The number of benzene rings is 1. The number of nitrogens with zero attached hydrogens (tertiary/aromatic N) is 2. The first-order valence-electron chi connectivity index (χ1n) is 7.15. The summed E-state index contributed by atoms with van der Waals surface area (Å²) in [5.41, 5.74) is 3.68. The molecule has 108 valence electrons. The van der Waals surface area contributed by atoms with Crippen LogP contribution < -0.4 is 10.2 Å². The smallest absolute Gasteiger partial charge is 0.190 e. The van der Waals surface area contributed by atoms with E-state index in [1.807, 2.05) is 0 Å². The van der Waals surface area contributed by atoms with Crippen molar-refractivity contribution in [2.75, 3.05) is 18.5 Å². The first kappa shape index (κ1) is 15.0. The molecule has 20 heavy (non-hydrogen) atoms. The maximum Gasteiger partial charge on any atom is 0.190 e. The third-order valence-corrected chi connectivity index (χ3v) is 4.52. The number of rotatable bonds is 6. The Hall–Kier alpha value is -1.39. The van der Waals surface area contributed by atoms with E-state index in [1.54, 1.807) is 11.3 Å². The van der Waals surface area contributed by atoms with Gasteiger partial charge < -0.3 is 10.2 Å². The molecule has 0 aliphatic carbocycles. The molecule has 0 saturated carbocycles. The van der Waals surface area contributed by atoms with Crippen LogP contribution in [0.25, 0.3) is 0 Å². The highest BCUT2D eigenvalue weighted by Crippen LogP contribution is 2.31. The van der Waals surface area contributed by atoms with Crippen molar-refractivity contribution in [1.82, 2.24) is 10.3 Å². The average molecular weight is 289 g/mol. The van der Waals surface area contributed by atoms with E-state index < -0.39 is 0 Å². The lowest BCUT2D eigenvalue weighted by atomic mass is 10.2. The summed E-state index contributed by atoms with van der Waals surface area (Å²) in [4.78, 5) is 8.30. The van der Waals surface area contributed by atoms with E-state index in [4.69, 9.17) is 4.98 Å². The SMILES string of the molecule is CCNCc1sc(N(C)c2ccc(C)cc2)nc1CC. The molecule has 1 aromatic carbocycles. The molecule has 2 aromatic rings. The highest BCUT2D eigenvalue weighted by atomic mass is 32.1. The van der Waals surface area contributed by atoms with E-state index in [2.05, 4.69) is 62.3 Å². The van der Waals surface area contributed by atoms with E-state index in [9.17, 15) is 0 Å². The maximum absolute atomic E-state index is 4.78. The molecule has 1 heterocycles. The van der Waals surface area contributed by atoms with Crippen molar-refractivity contribution < 1.29 is 0 Å². The molecule has 0 aliphatic rings. The predicted molar refractivity (Wildman–Crippen MR) is 88.1 cm³/mol. The first-order chi connectivity index (χ1) is 9.65. The lowest BCUT2D eigenvalue weighted by molar-refractivity contribution is 0.727. The molecular formula is C16H23N3S. The average Bonchev–Trinajstić information content (AvgIpc) is 2.88. The Morgan fingerprint density at radius 1 is 1.20 bits per heavy atom. The van der Waals surface area contributed by atoms with Crippen LogP contribution in [0.4, 0.5) is 10.8 Å². The van der Waals surface area contributed by atoms with Gasteiger partial charge in [0.1, 0.15) is 0 Å². The van der Waals surface area contributed by atoms with Gasteiger partial charge in [-0.2, -0.15) is 0 Å². The molecule has 0 bridgehead atoms. The van der Waals surface area contributed by atoms with Crippen molar-refractivity contribution in [2.24, 2.45) is 0 Å². The second-order valence-electron chi connectivity index (χ2n) is 4.89. The number of thiazole rings is 1. The molecule has 0 amide bonds. The van der Waals surface area contributed by atoms with Crippen molar-refractivity contribution in [3.8, 4) is 0 Å². The molecule has 1 N–H and O–H groups in total. The lowest BCUT2D eigenvalue weighted by Gasteiger charge is -2.15. The van der Waals surface area contributed by atoms with Gasteiger partial charge in [-0.3, -0.25) is 0 Å². The molecule has 0 saturated heterocycles. The summed E-state index contributed by atoms with van der Waals surface area (Å²) in [5, 5.41) is 4.46. The van der Waals surface area contributed by atoms with Gasteiger partial charge >= 0.3 is 0 Å². The first-order valence-corrected chi connectivity index (χ1v) is 7.97. The Bertz CT molecular complexity index is 545.